The molecule has 4 fully saturated rings. The van der Waals surface area contributed by atoms with Gasteiger partial charge in [0.2, 0.25) is 0 Å². The van der Waals surface area contributed by atoms with E-state index in [1.807, 2.05) is 0 Å². The topological polar surface area (TPSA) is 27.3 Å². The lowest BCUT2D eigenvalue weighted by atomic mass is 9.76. The normalized spacial score (nSPS) is 38.2. The van der Waals surface area contributed by atoms with Gasteiger partial charge in [0, 0.05) is 25.2 Å². The van der Waals surface area contributed by atoms with Crippen molar-refractivity contribution in [3.8, 4) is 0 Å². The molecule has 0 amide bonds. The summed E-state index contributed by atoms with van der Waals surface area (Å²) in [6.07, 6.45) is 7.36. The van der Waals surface area contributed by atoms with Crippen molar-refractivity contribution in [2.45, 2.75) is 37.8 Å². The van der Waals surface area contributed by atoms with E-state index in [4.69, 9.17) is 12.2 Å². The van der Waals surface area contributed by atoms with Gasteiger partial charge in [-0.05, 0) is 56.3 Å². The second-order valence-electron chi connectivity index (χ2n) is 5.96. The Morgan fingerprint density at radius 1 is 1.39 bits per heavy atom. The maximum Gasteiger partial charge on any atom is 0.166 e. The van der Waals surface area contributed by atoms with Crippen molar-refractivity contribution >= 4 is 17.3 Å². The molecule has 4 aliphatic rings. The summed E-state index contributed by atoms with van der Waals surface area (Å²) < 4.78 is 0. The van der Waals surface area contributed by atoms with Gasteiger partial charge in [-0.15, -0.1) is 6.58 Å². The predicted octanol–water partition coefficient (Wildman–Crippen LogP) is 1.51. The standard InChI is InChI=1S/C14H23N3S/c1-2-10-9-17-6-5-11(10)7-13(17)8-15-14(18)16-12-3-4-12/h2,10-13H,1,3-9H2,(H2,15,16,18)/t10-,11-,13+/m0/s1. The van der Waals surface area contributed by atoms with Crippen LogP contribution in [-0.4, -0.2) is 41.7 Å². The zero-order valence-electron chi connectivity index (χ0n) is 10.9. The van der Waals surface area contributed by atoms with Crippen LogP contribution in [0.2, 0.25) is 0 Å². The van der Waals surface area contributed by atoms with Crippen molar-refractivity contribution < 1.29 is 0 Å². The van der Waals surface area contributed by atoms with Gasteiger partial charge in [-0.2, -0.15) is 0 Å². The maximum atomic E-state index is 5.31. The molecule has 3 aliphatic heterocycles. The van der Waals surface area contributed by atoms with E-state index in [0.717, 1.165) is 17.6 Å². The molecule has 2 bridgehead atoms. The van der Waals surface area contributed by atoms with Crippen LogP contribution in [0.25, 0.3) is 0 Å². The average molecular weight is 265 g/mol. The Labute approximate surface area is 115 Å². The molecule has 1 saturated carbocycles. The van der Waals surface area contributed by atoms with E-state index < -0.39 is 0 Å². The van der Waals surface area contributed by atoms with E-state index in [1.165, 1.54) is 38.8 Å². The predicted molar refractivity (Wildman–Crippen MR) is 78.5 cm³/mol. The third-order valence-corrected chi connectivity index (χ3v) is 4.90. The Hall–Kier alpha value is -0.610. The number of nitrogens with zero attached hydrogens (tertiary/aromatic N) is 1. The second-order valence-corrected chi connectivity index (χ2v) is 6.37. The molecular weight excluding hydrogens is 242 g/mol. The molecular formula is C14H23N3S. The van der Waals surface area contributed by atoms with Gasteiger partial charge in [-0.25, -0.2) is 0 Å². The maximum absolute atomic E-state index is 5.31. The van der Waals surface area contributed by atoms with Gasteiger partial charge in [0.05, 0.1) is 0 Å². The third-order valence-electron chi connectivity index (χ3n) is 4.64. The number of piperidine rings is 3. The van der Waals surface area contributed by atoms with Gasteiger partial charge < -0.3 is 10.6 Å². The summed E-state index contributed by atoms with van der Waals surface area (Å²) >= 11 is 5.31. The van der Waals surface area contributed by atoms with Crippen LogP contribution in [-0.2, 0) is 0 Å². The molecule has 4 rings (SSSR count). The fraction of sp³-hybridized carbons (Fsp3) is 0.786. The molecule has 3 heterocycles. The van der Waals surface area contributed by atoms with Crippen LogP contribution in [0.4, 0.5) is 0 Å². The average Bonchev–Trinajstić information content (AvgIpc) is 3.21. The van der Waals surface area contributed by atoms with Gasteiger partial charge >= 0.3 is 0 Å². The van der Waals surface area contributed by atoms with Gasteiger partial charge in [0.15, 0.2) is 5.11 Å². The molecule has 18 heavy (non-hydrogen) atoms. The van der Waals surface area contributed by atoms with Gasteiger partial charge in [0.25, 0.3) is 0 Å². The molecule has 1 aliphatic carbocycles. The van der Waals surface area contributed by atoms with E-state index in [0.29, 0.717) is 18.0 Å². The minimum Gasteiger partial charge on any atom is -0.361 e. The first-order chi connectivity index (χ1) is 8.76. The molecule has 3 saturated heterocycles. The molecule has 0 radical (unpaired) electrons. The minimum atomic E-state index is 0.651. The summed E-state index contributed by atoms with van der Waals surface area (Å²) in [6, 6.07) is 1.32. The molecule has 2 N–H and O–H groups in total. The van der Waals surface area contributed by atoms with Crippen LogP contribution < -0.4 is 10.6 Å². The van der Waals surface area contributed by atoms with E-state index in [-0.39, 0.29) is 0 Å². The number of hydrogen-bond acceptors (Lipinski definition) is 2. The van der Waals surface area contributed by atoms with Crippen LogP contribution in [0, 0.1) is 11.8 Å². The van der Waals surface area contributed by atoms with Crippen molar-refractivity contribution in [3.05, 3.63) is 12.7 Å². The molecule has 100 valence electrons. The fourth-order valence-electron chi connectivity index (χ4n) is 3.33. The molecule has 0 aromatic rings. The SMILES string of the molecule is C=C[C@H]1CN2CC[C@H]1C[C@@H]2CNC(=S)NC1CC1. The van der Waals surface area contributed by atoms with E-state index >= 15 is 0 Å². The van der Waals surface area contributed by atoms with Crippen molar-refractivity contribution in [2.75, 3.05) is 19.6 Å². The highest BCUT2D eigenvalue weighted by Gasteiger charge is 2.38. The Bertz CT molecular complexity index is 340. The first-order valence-corrected chi connectivity index (χ1v) is 7.58. The van der Waals surface area contributed by atoms with E-state index in [9.17, 15) is 0 Å². The summed E-state index contributed by atoms with van der Waals surface area (Å²) in [5.74, 6) is 1.57. The van der Waals surface area contributed by atoms with Gasteiger partial charge in [-0.3, -0.25) is 4.90 Å². The monoisotopic (exact) mass is 265 g/mol. The first kappa shape index (κ1) is 12.4. The Morgan fingerprint density at radius 2 is 2.22 bits per heavy atom. The minimum absolute atomic E-state index is 0.651. The molecule has 3 nitrogen and oxygen atoms in total. The number of hydrogen-bond donors (Lipinski definition) is 2. The number of thiocarbonyl (C=S) groups is 1. The van der Waals surface area contributed by atoms with Gasteiger partial charge in [-0.1, -0.05) is 6.08 Å². The fourth-order valence-corrected chi connectivity index (χ4v) is 3.58. The summed E-state index contributed by atoms with van der Waals surface area (Å²) in [5, 5.41) is 7.58. The Kier molecular flexibility index (Phi) is 3.57. The van der Waals surface area contributed by atoms with Crippen LogP contribution in [0.15, 0.2) is 12.7 Å². The summed E-state index contributed by atoms with van der Waals surface area (Å²) in [7, 11) is 0. The quantitative estimate of drug-likeness (QED) is 0.595. The van der Waals surface area contributed by atoms with Crippen LogP contribution in [0.1, 0.15) is 25.7 Å². The second kappa shape index (κ2) is 5.17. The Morgan fingerprint density at radius 3 is 2.83 bits per heavy atom. The van der Waals surface area contributed by atoms with Crippen LogP contribution in [0.3, 0.4) is 0 Å². The van der Waals surface area contributed by atoms with Gasteiger partial charge in [0.1, 0.15) is 0 Å². The smallest absolute Gasteiger partial charge is 0.166 e. The van der Waals surface area contributed by atoms with Crippen molar-refractivity contribution in [2.24, 2.45) is 11.8 Å². The molecule has 0 spiro atoms. The number of fused-ring (bicyclic) bond motifs is 3. The lowest BCUT2D eigenvalue weighted by molar-refractivity contribution is 0.0215. The zero-order chi connectivity index (χ0) is 12.5. The first-order valence-electron chi connectivity index (χ1n) is 7.17. The number of rotatable bonds is 4. The third kappa shape index (κ3) is 2.69. The van der Waals surface area contributed by atoms with Crippen molar-refractivity contribution in [1.82, 2.24) is 15.5 Å². The summed E-state index contributed by atoms with van der Waals surface area (Å²) in [5.41, 5.74) is 0. The Balaban J connectivity index is 1.46. The lowest BCUT2D eigenvalue weighted by Crippen LogP contribution is -2.57. The van der Waals surface area contributed by atoms with E-state index in [2.05, 4.69) is 28.2 Å². The summed E-state index contributed by atoms with van der Waals surface area (Å²) in [4.78, 5) is 2.61. The molecule has 1 unspecified atom stereocenters. The highest BCUT2D eigenvalue weighted by Crippen LogP contribution is 2.36. The van der Waals surface area contributed by atoms with Crippen molar-refractivity contribution in [1.29, 1.82) is 0 Å². The highest BCUT2D eigenvalue weighted by molar-refractivity contribution is 7.80. The van der Waals surface area contributed by atoms with Crippen molar-refractivity contribution in [3.63, 3.8) is 0 Å². The molecule has 0 aromatic heterocycles. The molecule has 4 heteroatoms. The zero-order valence-corrected chi connectivity index (χ0v) is 11.7. The molecule has 4 atom stereocenters. The molecule has 0 aromatic carbocycles. The van der Waals surface area contributed by atoms with Crippen LogP contribution >= 0.6 is 12.2 Å². The summed E-state index contributed by atoms with van der Waals surface area (Å²) in [6.45, 7) is 7.42. The van der Waals surface area contributed by atoms with E-state index in [1.54, 1.807) is 0 Å². The van der Waals surface area contributed by atoms with Crippen LogP contribution in [0.5, 0.6) is 0 Å². The lowest BCUT2D eigenvalue weighted by Gasteiger charge is -2.49. The largest absolute Gasteiger partial charge is 0.361 e. The highest BCUT2D eigenvalue weighted by atomic mass is 32.1. The number of nitrogens with one attached hydrogen (secondary N) is 2.